The largest absolute Gasteiger partial charge is 0.405 e. The van der Waals surface area contributed by atoms with Gasteiger partial charge in [0, 0.05) is 6.04 Å². The summed E-state index contributed by atoms with van der Waals surface area (Å²) in [4.78, 5) is 17.6. The molecule has 0 amide bonds. The van der Waals surface area contributed by atoms with Gasteiger partial charge >= 0.3 is 11.9 Å². The Bertz CT molecular complexity index is 481. The molecule has 106 valence electrons. The first kappa shape index (κ1) is 15.4. The molecule has 1 aromatic rings. The van der Waals surface area contributed by atoms with Crippen LogP contribution in [0.2, 0.25) is 5.28 Å². The van der Waals surface area contributed by atoms with Crippen LogP contribution in [0.1, 0.15) is 13.8 Å². The van der Waals surface area contributed by atoms with Crippen molar-refractivity contribution in [3.8, 4) is 0 Å². The molecule has 0 N–H and O–H groups in total. The molecule has 19 heavy (non-hydrogen) atoms. The van der Waals surface area contributed by atoms with Gasteiger partial charge in [0.25, 0.3) is 0 Å². The SMILES string of the molecule is CC(C)N(CC(F)(F)F)c1nc(Cl)ncc1[N+](=O)[O-]. The Morgan fingerprint density at radius 1 is 1.53 bits per heavy atom. The van der Waals surface area contributed by atoms with Gasteiger partial charge in [-0.15, -0.1) is 0 Å². The van der Waals surface area contributed by atoms with E-state index in [2.05, 4.69) is 9.97 Å². The zero-order valence-corrected chi connectivity index (χ0v) is 10.7. The minimum Gasteiger partial charge on any atom is -0.339 e. The monoisotopic (exact) mass is 298 g/mol. The second-order valence-electron chi connectivity index (χ2n) is 3.94. The van der Waals surface area contributed by atoms with E-state index < -0.39 is 35.2 Å². The number of hydrogen-bond acceptors (Lipinski definition) is 5. The Labute approximate surface area is 111 Å². The summed E-state index contributed by atoms with van der Waals surface area (Å²) in [5.74, 6) is -0.447. The predicted molar refractivity (Wildman–Crippen MR) is 62.2 cm³/mol. The number of alkyl halides is 3. The van der Waals surface area contributed by atoms with E-state index in [0.29, 0.717) is 0 Å². The number of halogens is 4. The fourth-order valence-electron chi connectivity index (χ4n) is 1.38. The fourth-order valence-corrected chi connectivity index (χ4v) is 1.51. The van der Waals surface area contributed by atoms with Crippen LogP contribution in [0, 0.1) is 10.1 Å². The lowest BCUT2D eigenvalue weighted by Crippen LogP contribution is -2.40. The molecule has 0 radical (unpaired) electrons. The van der Waals surface area contributed by atoms with Crippen LogP contribution >= 0.6 is 11.6 Å². The molecular weight excluding hydrogens is 289 g/mol. The van der Waals surface area contributed by atoms with Gasteiger partial charge in [-0.2, -0.15) is 18.2 Å². The highest BCUT2D eigenvalue weighted by molar-refractivity contribution is 6.28. The Balaban J connectivity index is 3.29. The quantitative estimate of drug-likeness (QED) is 0.485. The molecule has 0 aliphatic rings. The highest BCUT2D eigenvalue weighted by Gasteiger charge is 2.35. The van der Waals surface area contributed by atoms with Crippen LogP contribution in [0.15, 0.2) is 6.20 Å². The molecule has 0 aromatic carbocycles. The van der Waals surface area contributed by atoms with E-state index in [-0.39, 0.29) is 5.28 Å². The Hall–Kier alpha value is -1.64. The summed E-state index contributed by atoms with van der Waals surface area (Å²) in [5.41, 5.74) is -0.623. The van der Waals surface area contributed by atoms with E-state index in [0.717, 1.165) is 11.1 Å². The topological polar surface area (TPSA) is 72.2 Å². The number of nitrogens with zero attached hydrogens (tertiary/aromatic N) is 4. The van der Waals surface area contributed by atoms with Gasteiger partial charge in [-0.25, -0.2) is 4.98 Å². The van der Waals surface area contributed by atoms with E-state index in [9.17, 15) is 23.3 Å². The van der Waals surface area contributed by atoms with E-state index in [4.69, 9.17) is 11.6 Å². The normalized spacial score (nSPS) is 11.7. The van der Waals surface area contributed by atoms with Crippen molar-refractivity contribution in [2.24, 2.45) is 0 Å². The number of hydrogen-bond donors (Lipinski definition) is 0. The first-order valence-electron chi connectivity index (χ1n) is 5.12. The molecule has 0 fully saturated rings. The van der Waals surface area contributed by atoms with Gasteiger partial charge in [0.1, 0.15) is 12.7 Å². The van der Waals surface area contributed by atoms with Gasteiger partial charge in [0.2, 0.25) is 11.1 Å². The first-order valence-corrected chi connectivity index (χ1v) is 5.50. The zero-order chi connectivity index (χ0) is 14.8. The van der Waals surface area contributed by atoms with Crippen molar-refractivity contribution in [1.29, 1.82) is 0 Å². The second-order valence-corrected chi connectivity index (χ2v) is 4.28. The summed E-state index contributed by atoms with van der Waals surface area (Å²) in [6.07, 6.45) is -3.73. The summed E-state index contributed by atoms with van der Waals surface area (Å²) in [7, 11) is 0. The van der Waals surface area contributed by atoms with Crippen molar-refractivity contribution in [2.75, 3.05) is 11.4 Å². The van der Waals surface area contributed by atoms with Crippen LogP contribution in [-0.4, -0.2) is 33.7 Å². The van der Waals surface area contributed by atoms with Crippen LogP contribution < -0.4 is 4.90 Å². The molecule has 0 atom stereocenters. The molecule has 1 heterocycles. The number of nitro groups is 1. The molecule has 0 saturated heterocycles. The van der Waals surface area contributed by atoms with Crippen molar-refractivity contribution in [1.82, 2.24) is 9.97 Å². The zero-order valence-electron chi connectivity index (χ0n) is 9.98. The molecule has 10 heteroatoms. The van der Waals surface area contributed by atoms with E-state index >= 15 is 0 Å². The average Bonchev–Trinajstić information content (AvgIpc) is 2.23. The predicted octanol–water partition coefficient (Wildman–Crippen LogP) is 2.82. The second kappa shape index (κ2) is 5.55. The van der Waals surface area contributed by atoms with Crippen molar-refractivity contribution < 1.29 is 18.1 Å². The Morgan fingerprint density at radius 2 is 2.11 bits per heavy atom. The molecule has 0 aliphatic carbocycles. The summed E-state index contributed by atoms with van der Waals surface area (Å²) in [6, 6.07) is -0.647. The molecule has 1 rings (SSSR count). The summed E-state index contributed by atoms with van der Waals surface area (Å²) in [6.45, 7) is 1.57. The fraction of sp³-hybridized carbons (Fsp3) is 0.556. The number of rotatable bonds is 4. The molecule has 1 aromatic heterocycles. The van der Waals surface area contributed by atoms with Gasteiger partial charge in [-0.3, -0.25) is 10.1 Å². The van der Waals surface area contributed by atoms with Crippen molar-refractivity contribution >= 4 is 23.1 Å². The van der Waals surface area contributed by atoms with Gasteiger partial charge in [0.15, 0.2) is 0 Å². The minimum atomic E-state index is -4.52. The average molecular weight is 299 g/mol. The third-order valence-corrected chi connectivity index (χ3v) is 2.34. The minimum absolute atomic E-state index is 0.353. The molecule has 0 spiro atoms. The maximum Gasteiger partial charge on any atom is 0.405 e. The maximum absolute atomic E-state index is 12.5. The third-order valence-electron chi connectivity index (χ3n) is 2.16. The lowest BCUT2D eigenvalue weighted by Gasteiger charge is -2.28. The molecular formula is C9H10ClF3N4O2. The van der Waals surface area contributed by atoms with E-state index in [1.165, 1.54) is 13.8 Å². The molecule has 6 nitrogen and oxygen atoms in total. The van der Waals surface area contributed by atoms with Gasteiger partial charge in [-0.1, -0.05) is 0 Å². The van der Waals surface area contributed by atoms with Gasteiger partial charge in [-0.05, 0) is 25.4 Å². The molecule has 0 unspecified atom stereocenters. The number of anilines is 1. The van der Waals surface area contributed by atoms with Crippen molar-refractivity contribution in [3.63, 3.8) is 0 Å². The number of aromatic nitrogens is 2. The summed E-state index contributed by atoms with van der Waals surface area (Å²) < 4.78 is 37.5. The lowest BCUT2D eigenvalue weighted by atomic mass is 10.3. The smallest absolute Gasteiger partial charge is 0.339 e. The Morgan fingerprint density at radius 3 is 2.53 bits per heavy atom. The van der Waals surface area contributed by atoms with Crippen molar-refractivity contribution in [3.05, 3.63) is 21.6 Å². The van der Waals surface area contributed by atoms with Crippen molar-refractivity contribution in [2.45, 2.75) is 26.1 Å². The van der Waals surface area contributed by atoms with Crippen LogP contribution in [0.3, 0.4) is 0 Å². The van der Waals surface area contributed by atoms with Crippen LogP contribution in [0.25, 0.3) is 0 Å². The highest BCUT2D eigenvalue weighted by atomic mass is 35.5. The van der Waals surface area contributed by atoms with E-state index in [1.54, 1.807) is 0 Å². The standard InChI is InChI=1S/C9H10ClF3N4O2/c1-5(2)16(4-9(11,12)13)7-6(17(18)19)3-14-8(10)15-7/h3,5H,4H2,1-2H3. The lowest BCUT2D eigenvalue weighted by molar-refractivity contribution is -0.384. The first-order chi connectivity index (χ1) is 8.61. The summed E-state index contributed by atoms with van der Waals surface area (Å²) >= 11 is 5.49. The maximum atomic E-state index is 12.5. The Kier molecular flexibility index (Phi) is 4.51. The molecule has 0 aliphatic heterocycles. The highest BCUT2D eigenvalue weighted by Crippen LogP contribution is 2.30. The molecule has 0 bridgehead atoms. The van der Waals surface area contributed by atoms with Crippen LogP contribution in [-0.2, 0) is 0 Å². The van der Waals surface area contributed by atoms with E-state index in [1.807, 2.05) is 0 Å². The molecule has 0 saturated carbocycles. The van der Waals surface area contributed by atoms with Gasteiger partial charge < -0.3 is 4.90 Å². The van der Waals surface area contributed by atoms with Gasteiger partial charge in [0.05, 0.1) is 4.92 Å². The van der Waals surface area contributed by atoms with Crippen LogP contribution in [0.4, 0.5) is 24.7 Å². The third kappa shape index (κ3) is 4.19. The summed E-state index contributed by atoms with van der Waals surface area (Å²) in [5, 5.41) is 10.4. The van der Waals surface area contributed by atoms with Crippen LogP contribution in [0.5, 0.6) is 0 Å².